The summed E-state index contributed by atoms with van der Waals surface area (Å²) in [6, 6.07) is 3.66. The van der Waals surface area contributed by atoms with E-state index in [-0.39, 0.29) is 0 Å². The number of hydrogen-bond donors (Lipinski definition) is 1. The molecular formula is C8H5NO2S. The molecule has 0 radical (unpaired) electrons. The van der Waals surface area contributed by atoms with Gasteiger partial charge >= 0.3 is 0 Å². The summed E-state index contributed by atoms with van der Waals surface area (Å²) in [7, 11) is 0. The highest BCUT2D eigenvalue weighted by Crippen LogP contribution is 2.22. The van der Waals surface area contributed by atoms with Crippen LogP contribution in [0.25, 0.3) is 5.57 Å². The average Bonchev–Trinajstić information content (AvgIpc) is 2.64. The predicted molar refractivity (Wildman–Crippen MR) is 45.4 cm³/mol. The van der Waals surface area contributed by atoms with Gasteiger partial charge in [-0.25, -0.2) is 0 Å². The van der Waals surface area contributed by atoms with Crippen molar-refractivity contribution in [1.82, 2.24) is 5.32 Å². The molecule has 1 aliphatic heterocycles. The fourth-order valence-corrected chi connectivity index (χ4v) is 1.75. The lowest BCUT2D eigenvalue weighted by Crippen LogP contribution is -2.18. The summed E-state index contributed by atoms with van der Waals surface area (Å²) in [5.41, 5.74) is 0.468. The molecule has 0 fully saturated rings. The Hall–Kier alpha value is -1.42. The molecule has 0 aliphatic carbocycles. The molecule has 1 aromatic rings. The molecule has 3 nitrogen and oxygen atoms in total. The number of ketones is 1. The second kappa shape index (κ2) is 2.57. The van der Waals surface area contributed by atoms with E-state index in [1.807, 2.05) is 17.5 Å². The summed E-state index contributed by atoms with van der Waals surface area (Å²) >= 11 is 1.44. The van der Waals surface area contributed by atoms with Crippen LogP contribution < -0.4 is 5.32 Å². The Kier molecular flexibility index (Phi) is 1.55. The minimum Gasteiger partial charge on any atom is -0.325 e. The maximum atomic E-state index is 11.1. The Balaban J connectivity index is 2.39. The Morgan fingerprint density at radius 3 is 2.67 bits per heavy atom. The van der Waals surface area contributed by atoms with Crippen molar-refractivity contribution in [1.29, 1.82) is 0 Å². The second-order valence-electron chi connectivity index (χ2n) is 2.34. The van der Waals surface area contributed by atoms with E-state index in [1.165, 1.54) is 17.5 Å². The number of Topliss-reactive ketones (excluding diaryl/α,β-unsaturated/α-hetero) is 1. The SMILES string of the molecule is O=C1NC=C(c2cccs2)C1=O. The van der Waals surface area contributed by atoms with Crippen LogP contribution in [-0.2, 0) is 9.59 Å². The van der Waals surface area contributed by atoms with Gasteiger partial charge in [-0.2, -0.15) is 0 Å². The zero-order chi connectivity index (χ0) is 8.55. The Morgan fingerprint density at radius 1 is 1.33 bits per heavy atom. The van der Waals surface area contributed by atoms with Crippen LogP contribution in [0.5, 0.6) is 0 Å². The highest BCUT2D eigenvalue weighted by atomic mass is 32.1. The van der Waals surface area contributed by atoms with Crippen molar-refractivity contribution in [3.63, 3.8) is 0 Å². The summed E-state index contributed by atoms with van der Waals surface area (Å²) in [5, 5.41) is 4.23. The van der Waals surface area contributed by atoms with E-state index in [2.05, 4.69) is 5.32 Å². The van der Waals surface area contributed by atoms with Gasteiger partial charge in [-0.15, -0.1) is 11.3 Å². The molecule has 0 atom stereocenters. The van der Waals surface area contributed by atoms with Crippen molar-refractivity contribution in [2.24, 2.45) is 0 Å². The molecule has 0 spiro atoms. The number of nitrogens with one attached hydrogen (secondary N) is 1. The van der Waals surface area contributed by atoms with E-state index < -0.39 is 11.7 Å². The second-order valence-corrected chi connectivity index (χ2v) is 3.29. The predicted octanol–water partition coefficient (Wildman–Crippen LogP) is 0.788. The number of rotatable bonds is 1. The first-order valence-corrected chi connectivity index (χ1v) is 4.26. The monoisotopic (exact) mass is 179 g/mol. The van der Waals surface area contributed by atoms with Gasteiger partial charge < -0.3 is 5.32 Å². The Bertz CT molecular complexity index is 364. The molecule has 1 aromatic heterocycles. The molecule has 0 saturated heterocycles. The average molecular weight is 179 g/mol. The fourth-order valence-electron chi connectivity index (χ4n) is 1.01. The van der Waals surface area contributed by atoms with E-state index in [4.69, 9.17) is 0 Å². The van der Waals surface area contributed by atoms with Gasteiger partial charge in [0.2, 0.25) is 0 Å². The molecule has 0 bridgehead atoms. The highest BCUT2D eigenvalue weighted by molar-refractivity contribution is 7.11. The first-order valence-electron chi connectivity index (χ1n) is 3.38. The van der Waals surface area contributed by atoms with Crippen LogP contribution in [0.15, 0.2) is 23.7 Å². The quantitative estimate of drug-likeness (QED) is 0.648. The summed E-state index contributed by atoms with van der Waals surface area (Å²) in [6.07, 6.45) is 1.45. The minimum atomic E-state index is -0.543. The van der Waals surface area contributed by atoms with Crippen LogP contribution in [0, 0.1) is 0 Å². The van der Waals surface area contributed by atoms with Gasteiger partial charge in [-0.3, -0.25) is 9.59 Å². The molecule has 0 aromatic carbocycles. The molecule has 1 amide bonds. The van der Waals surface area contributed by atoms with Crippen molar-refractivity contribution >= 4 is 28.6 Å². The van der Waals surface area contributed by atoms with Crippen molar-refractivity contribution in [2.45, 2.75) is 0 Å². The maximum absolute atomic E-state index is 11.1. The third-order valence-corrected chi connectivity index (χ3v) is 2.49. The lowest BCUT2D eigenvalue weighted by molar-refractivity contribution is -0.133. The first kappa shape index (κ1) is 7.24. The molecular weight excluding hydrogens is 174 g/mol. The van der Waals surface area contributed by atoms with Crippen LogP contribution in [0.4, 0.5) is 0 Å². The topological polar surface area (TPSA) is 46.2 Å². The van der Waals surface area contributed by atoms with Gasteiger partial charge in [0.05, 0.1) is 5.57 Å². The fraction of sp³-hybridized carbons (Fsp3) is 0. The van der Waals surface area contributed by atoms with Crippen LogP contribution >= 0.6 is 11.3 Å². The maximum Gasteiger partial charge on any atom is 0.296 e. The van der Waals surface area contributed by atoms with Gasteiger partial charge in [0.25, 0.3) is 11.7 Å². The minimum absolute atomic E-state index is 0.447. The van der Waals surface area contributed by atoms with Crippen LogP contribution in [0.2, 0.25) is 0 Å². The van der Waals surface area contributed by atoms with E-state index in [9.17, 15) is 9.59 Å². The Morgan fingerprint density at radius 2 is 2.17 bits per heavy atom. The van der Waals surface area contributed by atoms with Gasteiger partial charge in [0, 0.05) is 11.1 Å². The van der Waals surface area contributed by atoms with E-state index in [0.29, 0.717) is 5.57 Å². The van der Waals surface area contributed by atoms with Gasteiger partial charge in [0.1, 0.15) is 0 Å². The van der Waals surface area contributed by atoms with Crippen molar-refractivity contribution in [2.75, 3.05) is 0 Å². The van der Waals surface area contributed by atoms with Gasteiger partial charge in [-0.1, -0.05) is 6.07 Å². The first-order chi connectivity index (χ1) is 5.79. The van der Waals surface area contributed by atoms with Crippen molar-refractivity contribution < 1.29 is 9.59 Å². The third kappa shape index (κ3) is 0.967. The Labute approximate surface area is 72.7 Å². The summed E-state index contributed by atoms with van der Waals surface area (Å²) < 4.78 is 0. The number of carbonyl (C=O) groups is 2. The molecule has 2 rings (SSSR count). The van der Waals surface area contributed by atoms with Crippen molar-refractivity contribution in [3.8, 4) is 0 Å². The number of carbonyl (C=O) groups excluding carboxylic acids is 2. The summed E-state index contributed by atoms with van der Waals surface area (Å²) in [6.45, 7) is 0. The van der Waals surface area contributed by atoms with Gasteiger partial charge in [0.15, 0.2) is 0 Å². The van der Waals surface area contributed by atoms with Gasteiger partial charge in [-0.05, 0) is 11.4 Å². The normalized spacial score (nSPS) is 16.2. The molecule has 60 valence electrons. The van der Waals surface area contributed by atoms with Crippen LogP contribution in [0.3, 0.4) is 0 Å². The molecule has 1 N–H and O–H groups in total. The van der Waals surface area contributed by atoms with Crippen LogP contribution in [-0.4, -0.2) is 11.7 Å². The zero-order valence-electron chi connectivity index (χ0n) is 6.03. The largest absolute Gasteiger partial charge is 0.325 e. The molecule has 1 aliphatic rings. The summed E-state index contributed by atoms with van der Waals surface area (Å²) in [5.74, 6) is -0.990. The smallest absolute Gasteiger partial charge is 0.296 e. The van der Waals surface area contributed by atoms with E-state index in [1.54, 1.807) is 0 Å². The third-order valence-electron chi connectivity index (χ3n) is 1.59. The van der Waals surface area contributed by atoms with E-state index in [0.717, 1.165) is 4.88 Å². The zero-order valence-corrected chi connectivity index (χ0v) is 6.85. The molecule has 4 heteroatoms. The van der Waals surface area contributed by atoms with Crippen molar-refractivity contribution in [3.05, 3.63) is 28.6 Å². The lowest BCUT2D eigenvalue weighted by atomic mass is 10.2. The molecule has 12 heavy (non-hydrogen) atoms. The summed E-state index contributed by atoms with van der Waals surface area (Å²) in [4.78, 5) is 22.7. The number of amides is 1. The molecule has 2 heterocycles. The lowest BCUT2D eigenvalue weighted by Gasteiger charge is -1.90. The molecule has 0 unspecified atom stereocenters. The standard InChI is InChI=1S/C8H5NO2S/c10-7-5(4-9-8(7)11)6-2-1-3-12-6/h1-4H,(H,9,10,11). The molecule has 0 saturated carbocycles. The number of hydrogen-bond acceptors (Lipinski definition) is 3. The highest BCUT2D eigenvalue weighted by Gasteiger charge is 2.25. The van der Waals surface area contributed by atoms with E-state index >= 15 is 0 Å². The number of thiophene rings is 1. The van der Waals surface area contributed by atoms with Crippen LogP contribution in [0.1, 0.15) is 4.88 Å².